The van der Waals surface area contributed by atoms with E-state index in [9.17, 15) is 4.79 Å². The van der Waals surface area contributed by atoms with Gasteiger partial charge in [-0.2, -0.15) is 0 Å². The summed E-state index contributed by atoms with van der Waals surface area (Å²) in [6.45, 7) is 5.23. The molecule has 38 heavy (non-hydrogen) atoms. The van der Waals surface area contributed by atoms with Crippen LogP contribution in [0.1, 0.15) is 13.8 Å². The number of halogens is 2. The summed E-state index contributed by atoms with van der Waals surface area (Å²) in [4.78, 5) is 29.0. The van der Waals surface area contributed by atoms with Gasteiger partial charge in [0.15, 0.2) is 11.5 Å². The predicted octanol–water partition coefficient (Wildman–Crippen LogP) is 4.49. The Morgan fingerprint density at radius 2 is 2.05 bits per heavy atom. The number of nitrogens with zero attached hydrogens (tertiary/aromatic N) is 3. The highest BCUT2D eigenvalue weighted by Gasteiger charge is 2.33. The van der Waals surface area contributed by atoms with Crippen molar-refractivity contribution in [2.24, 2.45) is 0 Å². The van der Waals surface area contributed by atoms with Gasteiger partial charge in [-0.05, 0) is 38.1 Å². The Morgan fingerprint density at radius 3 is 2.79 bits per heavy atom. The fraction of sp³-hybridized carbons (Fsp3) is 0.346. The van der Waals surface area contributed by atoms with Crippen molar-refractivity contribution in [1.29, 1.82) is 0 Å². The van der Waals surface area contributed by atoms with Crippen molar-refractivity contribution in [1.82, 2.24) is 20.3 Å². The first-order valence-corrected chi connectivity index (χ1v) is 12.8. The van der Waals surface area contributed by atoms with Gasteiger partial charge in [-0.1, -0.05) is 23.2 Å². The van der Waals surface area contributed by atoms with Crippen LogP contribution in [0.2, 0.25) is 10.0 Å². The van der Waals surface area contributed by atoms with Crippen LogP contribution in [0.5, 0.6) is 11.5 Å². The minimum atomic E-state index is -0.308. The Morgan fingerprint density at radius 1 is 1.21 bits per heavy atom. The molecule has 1 aromatic heterocycles. The number of allylic oxidation sites excluding steroid dienone is 1. The molecule has 2 atom stereocenters. The molecule has 3 heterocycles. The number of hydrogen-bond donors (Lipinski definition) is 2. The van der Waals surface area contributed by atoms with E-state index in [-0.39, 0.29) is 24.7 Å². The maximum absolute atomic E-state index is 13.1. The molecular formula is C26H27Cl2N5O5. The van der Waals surface area contributed by atoms with Crippen LogP contribution < -0.4 is 20.3 Å². The number of anilines is 2. The van der Waals surface area contributed by atoms with Gasteiger partial charge in [-0.25, -0.2) is 9.97 Å². The number of carbonyl (C=O) groups excluding carboxylic acids is 1. The zero-order valence-corrected chi connectivity index (χ0v) is 22.6. The molecule has 0 aliphatic carbocycles. The van der Waals surface area contributed by atoms with Gasteiger partial charge in [0.1, 0.15) is 30.6 Å². The van der Waals surface area contributed by atoms with Crippen LogP contribution in [0, 0.1) is 0 Å². The molecule has 2 N–H and O–H groups in total. The maximum Gasteiger partial charge on any atom is 0.255 e. The summed E-state index contributed by atoms with van der Waals surface area (Å²) < 4.78 is 17.6. The summed E-state index contributed by atoms with van der Waals surface area (Å²) in [6, 6.07) is 8.68. The van der Waals surface area contributed by atoms with Crippen molar-refractivity contribution in [2.45, 2.75) is 26.0 Å². The molecule has 2 aliphatic rings. The molecule has 10 nitrogen and oxygen atoms in total. The van der Waals surface area contributed by atoms with E-state index in [1.807, 2.05) is 19.1 Å². The second-order valence-electron chi connectivity index (χ2n) is 8.96. The van der Waals surface area contributed by atoms with Crippen molar-refractivity contribution >= 4 is 51.5 Å². The number of nitrogens with one attached hydrogen (secondary N) is 2. The average Bonchev–Trinajstić information content (AvgIpc) is 3.26. The average molecular weight is 560 g/mol. The molecule has 12 heteroatoms. The zero-order valence-electron chi connectivity index (χ0n) is 21.1. The number of ether oxygens (including phenoxy) is 3. The largest absolute Gasteiger partial charge is 0.493 e. The van der Waals surface area contributed by atoms with Crippen LogP contribution in [0.15, 0.2) is 48.0 Å². The molecule has 2 unspecified atom stereocenters. The van der Waals surface area contributed by atoms with Crippen molar-refractivity contribution < 1.29 is 23.8 Å². The number of fused-ring (bicyclic) bond motifs is 1. The quantitative estimate of drug-likeness (QED) is 0.432. The molecule has 1 amide bonds. The van der Waals surface area contributed by atoms with Gasteiger partial charge in [0.25, 0.3) is 5.91 Å². The number of rotatable bonds is 7. The molecule has 0 radical (unpaired) electrons. The van der Waals surface area contributed by atoms with Crippen molar-refractivity contribution in [2.75, 3.05) is 38.7 Å². The van der Waals surface area contributed by atoms with Crippen molar-refractivity contribution in [3.63, 3.8) is 0 Å². The van der Waals surface area contributed by atoms with Gasteiger partial charge < -0.3 is 29.3 Å². The topological polar surface area (TPSA) is 107 Å². The molecule has 2 aromatic carbocycles. The SMILES string of the molecule is COc1cc2c(Nc3ccc(Cl)c(Cl)c3)ncnc2cc1OCC1CN(C(=O)C2=C(C)ONC2C)CCO1. The summed E-state index contributed by atoms with van der Waals surface area (Å²) in [5.74, 6) is 2.13. The normalized spacial score (nSPS) is 19.4. The Kier molecular flexibility index (Phi) is 7.75. The number of morpholine rings is 1. The second kappa shape index (κ2) is 11.2. The van der Waals surface area contributed by atoms with Crippen LogP contribution >= 0.6 is 23.2 Å². The van der Waals surface area contributed by atoms with Crippen LogP contribution in [-0.4, -0.2) is 66.3 Å². The summed E-state index contributed by atoms with van der Waals surface area (Å²) in [5, 5.41) is 4.88. The van der Waals surface area contributed by atoms with Gasteiger partial charge in [0.2, 0.25) is 0 Å². The first-order chi connectivity index (χ1) is 18.3. The van der Waals surface area contributed by atoms with Gasteiger partial charge >= 0.3 is 0 Å². The Bertz CT molecular complexity index is 1400. The third-order valence-corrected chi connectivity index (χ3v) is 7.12. The molecule has 5 rings (SSSR count). The summed E-state index contributed by atoms with van der Waals surface area (Å²) in [5.41, 5.74) is 4.85. The molecule has 0 spiro atoms. The van der Waals surface area contributed by atoms with E-state index < -0.39 is 0 Å². The fourth-order valence-corrected chi connectivity index (χ4v) is 4.73. The van der Waals surface area contributed by atoms with Crippen molar-refractivity contribution in [3.8, 4) is 11.5 Å². The maximum atomic E-state index is 13.1. The Hall–Kier alpha value is -3.31. The lowest BCUT2D eigenvalue weighted by molar-refractivity contribution is -0.136. The molecule has 1 fully saturated rings. The molecular weight excluding hydrogens is 533 g/mol. The molecule has 3 aromatic rings. The van der Waals surface area contributed by atoms with Gasteiger partial charge in [0, 0.05) is 23.7 Å². The highest BCUT2D eigenvalue weighted by atomic mass is 35.5. The number of methoxy groups -OCH3 is 1. The highest BCUT2D eigenvalue weighted by molar-refractivity contribution is 6.42. The number of carbonyl (C=O) groups is 1. The molecule has 1 saturated heterocycles. The monoisotopic (exact) mass is 559 g/mol. The first-order valence-electron chi connectivity index (χ1n) is 12.1. The standard InChI is InChI=1S/C26H27Cl2N5O5/c1-14-24(15(2)38-32-14)26(34)33-6-7-36-17(11-33)12-37-23-10-21-18(9-22(23)35-3)25(30-13-29-21)31-16-4-5-19(27)20(28)8-16/h4-5,8-10,13-14,17,32H,6-7,11-12H2,1-3H3,(H,29,30,31). The van der Waals surface area contributed by atoms with E-state index in [1.54, 1.807) is 37.1 Å². The van der Waals surface area contributed by atoms with Crippen LogP contribution in [0.25, 0.3) is 10.9 Å². The molecule has 2 aliphatic heterocycles. The minimum absolute atomic E-state index is 0.0599. The smallest absolute Gasteiger partial charge is 0.255 e. The van der Waals surface area contributed by atoms with E-state index in [0.29, 0.717) is 63.9 Å². The predicted molar refractivity (Wildman–Crippen MR) is 144 cm³/mol. The van der Waals surface area contributed by atoms with Crippen LogP contribution in [0.4, 0.5) is 11.5 Å². The number of aromatic nitrogens is 2. The molecule has 0 saturated carbocycles. The van der Waals surface area contributed by atoms with Gasteiger partial charge in [-0.3, -0.25) is 4.79 Å². The molecule has 200 valence electrons. The zero-order chi connectivity index (χ0) is 26.8. The van der Waals surface area contributed by atoms with E-state index in [2.05, 4.69) is 20.8 Å². The minimum Gasteiger partial charge on any atom is -0.493 e. The van der Waals surface area contributed by atoms with Crippen LogP contribution in [0.3, 0.4) is 0 Å². The van der Waals surface area contributed by atoms with E-state index in [1.165, 1.54) is 6.33 Å². The summed E-state index contributed by atoms with van der Waals surface area (Å²) in [6.07, 6.45) is 1.16. The van der Waals surface area contributed by atoms with Gasteiger partial charge in [0.05, 0.1) is 47.4 Å². The Labute approximate surface area is 229 Å². The lowest BCUT2D eigenvalue weighted by Gasteiger charge is -2.33. The number of amides is 1. The van der Waals surface area contributed by atoms with Gasteiger partial charge in [-0.15, -0.1) is 5.48 Å². The second-order valence-corrected chi connectivity index (χ2v) is 9.78. The fourth-order valence-electron chi connectivity index (χ4n) is 4.44. The van der Waals surface area contributed by atoms with Crippen LogP contribution in [-0.2, 0) is 14.4 Å². The summed E-state index contributed by atoms with van der Waals surface area (Å²) >= 11 is 12.2. The third kappa shape index (κ3) is 5.44. The Balaban J connectivity index is 1.30. The number of benzene rings is 2. The summed E-state index contributed by atoms with van der Waals surface area (Å²) in [7, 11) is 1.57. The number of hydrogen-bond acceptors (Lipinski definition) is 9. The van der Waals surface area contributed by atoms with E-state index >= 15 is 0 Å². The number of hydroxylamine groups is 1. The van der Waals surface area contributed by atoms with E-state index in [0.717, 1.165) is 11.1 Å². The third-order valence-electron chi connectivity index (χ3n) is 6.39. The van der Waals surface area contributed by atoms with Crippen molar-refractivity contribution in [3.05, 3.63) is 58.0 Å². The first kappa shape index (κ1) is 26.3. The molecule has 0 bridgehead atoms. The highest BCUT2D eigenvalue weighted by Crippen LogP contribution is 2.35. The lowest BCUT2D eigenvalue weighted by Crippen LogP contribution is -2.49. The van der Waals surface area contributed by atoms with E-state index in [4.69, 9.17) is 42.3 Å². The lowest BCUT2D eigenvalue weighted by atomic mass is 10.1.